The minimum Gasteiger partial charge on any atom is -0.465 e. The molecular formula is C13H20O4. The molecule has 96 valence electrons. The van der Waals surface area contributed by atoms with Gasteiger partial charge in [0.25, 0.3) is 0 Å². The zero-order valence-electron chi connectivity index (χ0n) is 10.5. The molecule has 17 heavy (non-hydrogen) atoms. The molecule has 0 unspecified atom stereocenters. The quantitative estimate of drug-likeness (QED) is 0.556. The fraction of sp³-hybridized carbons (Fsp3) is 0.846. The van der Waals surface area contributed by atoms with Crippen LogP contribution in [0.4, 0.5) is 0 Å². The molecule has 2 aliphatic rings. The van der Waals surface area contributed by atoms with E-state index in [4.69, 9.17) is 9.47 Å². The van der Waals surface area contributed by atoms with Gasteiger partial charge < -0.3 is 9.47 Å². The maximum atomic E-state index is 12.1. The van der Waals surface area contributed by atoms with E-state index in [2.05, 4.69) is 0 Å². The molecule has 2 saturated carbocycles. The van der Waals surface area contributed by atoms with Crippen molar-refractivity contribution in [1.29, 1.82) is 0 Å². The van der Waals surface area contributed by atoms with Gasteiger partial charge in [-0.05, 0) is 38.5 Å². The summed E-state index contributed by atoms with van der Waals surface area (Å²) in [5.74, 6) is -0.408. The van der Waals surface area contributed by atoms with Gasteiger partial charge in [-0.3, -0.25) is 9.59 Å². The highest BCUT2D eigenvalue weighted by Gasteiger charge is 2.75. The van der Waals surface area contributed by atoms with Crippen molar-refractivity contribution in [3.8, 4) is 0 Å². The lowest BCUT2D eigenvalue weighted by molar-refractivity contribution is -0.165. The van der Waals surface area contributed by atoms with Crippen molar-refractivity contribution in [2.45, 2.75) is 39.5 Å². The van der Waals surface area contributed by atoms with E-state index in [0.29, 0.717) is 13.2 Å². The van der Waals surface area contributed by atoms with Gasteiger partial charge in [-0.1, -0.05) is 12.8 Å². The van der Waals surface area contributed by atoms with Crippen LogP contribution in [-0.4, -0.2) is 25.2 Å². The second-order valence-corrected chi connectivity index (χ2v) is 4.81. The molecule has 4 nitrogen and oxygen atoms in total. The van der Waals surface area contributed by atoms with Crippen molar-refractivity contribution in [1.82, 2.24) is 0 Å². The van der Waals surface area contributed by atoms with Crippen molar-refractivity contribution in [3.63, 3.8) is 0 Å². The second-order valence-electron chi connectivity index (χ2n) is 4.81. The predicted octanol–water partition coefficient (Wildman–Crippen LogP) is 1.92. The first-order valence-electron chi connectivity index (χ1n) is 6.54. The fourth-order valence-corrected chi connectivity index (χ4v) is 3.31. The van der Waals surface area contributed by atoms with Crippen LogP contribution in [0, 0.1) is 17.3 Å². The Bertz CT molecular complexity index is 291. The SMILES string of the molecule is CCOC(=O)C1(C(=O)OCC)[C@@H]2CCCC[C@@H]21. The number of fused-ring (bicyclic) bond motifs is 1. The molecule has 0 spiro atoms. The minimum atomic E-state index is -0.956. The number of rotatable bonds is 4. The Labute approximate surface area is 102 Å². The maximum Gasteiger partial charge on any atom is 0.324 e. The number of carbonyl (C=O) groups excluding carboxylic acids is 2. The Morgan fingerprint density at radius 1 is 1.00 bits per heavy atom. The number of ether oxygens (including phenoxy) is 2. The predicted molar refractivity (Wildman–Crippen MR) is 61.1 cm³/mol. The van der Waals surface area contributed by atoms with Gasteiger partial charge in [0.1, 0.15) is 0 Å². The van der Waals surface area contributed by atoms with Crippen molar-refractivity contribution >= 4 is 11.9 Å². The second kappa shape index (κ2) is 4.67. The summed E-state index contributed by atoms with van der Waals surface area (Å²) in [5.41, 5.74) is -0.956. The summed E-state index contributed by atoms with van der Waals surface area (Å²) >= 11 is 0. The van der Waals surface area contributed by atoms with E-state index in [9.17, 15) is 9.59 Å². The molecule has 0 aliphatic heterocycles. The number of hydrogen-bond donors (Lipinski definition) is 0. The van der Waals surface area contributed by atoms with Gasteiger partial charge in [0.05, 0.1) is 13.2 Å². The Morgan fingerprint density at radius 2 is 1.41 bits per heavy atom. The molecule has 2 aliphatic carbocycles. The van der Waals surface area contributed by atoms with E-state index in [1.165, 1.54) is 0 Å². The topological polar surface area (TPSA) is 52.6 Å². The molecule has 0 aromatic carbocycles. The highest BCUT2D eigenvalue weighted by Crippen LogP contribution is 2.66. The van der Waals surface area contributed by atoms with E-state index >= 15 is 0 Å². The van der Waals surface area contributed by atoms with Crippen LogP contribution in [0.25, 0.3) is 0 Å². The molecule has 2 atom stereocenters. The Hall–Kier alpha value is -1.06. The first kappa shape index (κ1) is 12.4. The molecule has 2 rings (SSSR count). The average Bonchev–Trinajstić information content (AvgIpc) is 2.99. The first-order chi connectivity index (χ1) is 8.19. The highest BCUT2D eigenvalue weighted by atomic mass is 16.6. The monoisotopic (exact) mass is 240 g/mol. The Balaban J connectivity index is 2.19. The van der Waals surface area contributed by atoms with Gasteiger partial charge in [-0.2, -0.15) is 0 Å². The van der Waals surface area contributed by atoms with Gasteiger partial charge in [-0.25, -0.2) is 0 Å². The molecule has 0 aromatic heterocycles. The van der Waals surface area contributed by atoms with Crippen molar-refractivity contribution in [2.24, 2.45) is 17.3 Å². The zero-order chi connectivity index (χ0) is 12.5. The van der Waals surface area contributed by atoms with Crippen molar-refractivity contribution in [3.05, 3.63) is 0 Å². The molecule has 0 amide bonds. The largest absolute Gasteiger partial charge is 0.465 e. The van der Waals surface area contributed by atoms with E-state index in [-0.39, 0.29) is 23.8 Å². The Morgan fingerprint density at radius 3 is 1.76 bits per heavy atom. The lowest BCUT2D eigenvalue weighted by Gasteiger charge is -2.14. The normalized spacial score (nSPS) is 29.1. The molecule has 0 N–H and O–H groups in total. The Kier molecular flexibility index (Phi) is 3.40. The van der Waals surface area contributed by atoms with E-state index in [0.717, 1.165) is 25.7 Å². The fourth-order valence-electron chi connectivity index (χ4n) is 3.31. The minimum absolute atomic E-state index is 0.161. The van der Waals surface area contributed by atoms with Crippen LogP contribution < -0.4 is 0 Å². The summed E-state index contributed by atoms with van der Waals surface area (Å²) in [6.07, 6.45) is 4.09. The molecule has 0 aromatic rings. The lowest BCUT2D eigenvalue weighted by Crippen LogP contribution is -2.33. The average molecular weight is 240 g/mol. The van der Waals surface area contributed by atoms with Crippen LogP contribution in [0.1, 0.15) is 39.5 Å². The van der Waals surface area contributed by atoms with E-state index < -0.39 is 5.41 Å². The third-order valence-corrected chi connectivity index (χ3v) is 4.05. The van der Waals surface area contributed by atoms with Crippen LogP contribution in [0.15, 0.2) is 0 Å². The van der Waals surface area contributed by atoms with Gasteiger partial charge in [0.15, 0.2) is 5.41 Å². The molecular weight excluding hydrogens is 220 g/mol. The van der Waals surface area contributed by atoms with Gasteiger partial charge in [-0.15, -0.1) is 0 Å². The third kappa shape index (κ3) is 1.74. The summed E-state index contributed by atoms with van der Waals surface area (Å²) in [5, 5.41) is 0. The van der Waals surface area contributed by atoms with Crippen molar-refractivity contribution < 1.29 is 19.1 Å². The van der Waals surface area contributed by atoms with Gasteiger partial charge in [0.2, 0.25) is 0 Å². The molecule has 0 saturated heterocycles. The van der Waals surface area contributed by atoms with Crippen LogP contribution in [-0.2, 0) is 19.1 Å². The molecule has 0 radical (unpaired) electrons. The zero-order valence-corrected chi connectivity index (χ0v) is 10.5. The summed E-state index contributed by atoms with van der Waals surface area (Å²) in [7, 11) is 0. The molecule has 0 bridgehead atoms. The van der Waals surface area contributed by atoms with Crippen LogP contribution in [0.3, 0.4) is 0 Å². The van der Waals surface area contributed by atoms with Gasteiger partial charge >= 0.3 is 11.9 Å². The third-order valence-electron chi connectivity index (χ3n) is 4.05. The maximum absolute atomic E-state index is 12.1. The summed E-state index contributed by atoms with van der Waals surface area (Å²) < 4.78 is 10.2. The van der Waals surface area contributed by atoms with Crippen LogP contribution in [0.2, 0.25) is 0 Å². The van der Waals surface area contributed by atoms with E-state index in [1.807, 2.05) is 0 Å². The standard InChI is InChI=1S/C13H20O4/c1-3-16-11(14)13(12(15)17-4-2)9-7-5-6-8-10(9)13/h9-10H,3-8H2,1-2H3/t9-,10+. The van der Waals surface area contributed by atoms with Crippen molar-refractivity contribution in [2.75, 3.05) is 13.2 Å². The van der Waals surface area contributed by atoms with Crippen LogP contribution >= 0.6 is 0 Å². The van der Waals surface area contributed by atoms with Crippen LogP contribution in [0.5, 0.6) is 0 Å². The number of hydrogen-bond acceptors (Lipinski definition) is 4. The summed E-state index contributed by atoms with van der Waals surface area (Å²) in [6, 6.07) is 0. The number of carbonyl (C=O) groups is 2. The summed E-state index contributed by atoms with van der Waals surface area (Å²) in [6.45, 7) is 4.17. The molecule has 0 heterocycles. The highest BCUT2D eigenvalue weighted by molar-refractivity contribution is 6.04. The summed E-state index contributed by atoms with van der Waals surface area (Å²) in [4.78, 5) is 24.2. The molecule has 2 fully saturated rings. The lowest BCUT2D eigenvalue weighted by atomic mass is 10.0. The van der Waals surface area contributed by atoms with E-state index in [1.54, 1.807) is 13.8 Å². The first-order valence-corrected chi connectivity index (χ1v) is 6.54. The number of esters is 2. The smallest absolute Gasteiger partial charge is 0.324 e. The molecule has 4 heteroatoms. The van der Waals surface area contributed by atoms with Gasteiger partial charge in [0, 0.05) is 0 Å².